The molecule has 0 radical (unpaired) electrons. The van der Waals surface area contributed by atoms with E-state index in [1.807, 2.05) is 0 Å². The number of H-pyrrole nitrogens is 1. The lowest BCUT2D eigenvalue weighted by molar-refractivity contribution is 0.190. The van der Waals surface area contributed by atoms with Crippen molar-refractivity contribution >= 4 is 16.9 Å². The van der Waals surface area contributed by atoms with E-state index in [4.69, 9.17) is 5.73 Å². The maximum absolute atomic E-state index is 13.8. The number of nitrogens with zero attached hydrogens (tertiary/aromatic N) is 2. The molecule has 0 unspecified atom stereocenters. The quantitative estimate of drug-likeness (QED) is 0.839. The van der Waals surface area contributed by atoms with Gasteiger partial charge in [0.15, 0.2) is 5.82 Å². The Kier molecular flexibility index (Phi) is 3.04. The lowest BCUT2D eigenvalue weighted by Gasteiger charge is -2.30. The van der Waals surface area contributed by atoms with Gasteiger partial charge in [0, 0.05) is 25.2 Å². The van der Waals surface area contributed by atoms with Crippen molar-refractivity contribution in [2.45, 2.75) is 18.8 Å². The van der Waals surface area contributed by atoms with Crippen LogP contribution in [0.2, 0.25) is 0 Å². The summed E-state index contributed by atoms with van der Waals surface area (Å²) in [5, 5.41) is 0.211. The number of primary amides is 1. The summed E-state index contributed by atoms with van der Waals surface area (Å²) in [5.41, 5.74) is 5.92. The van der Waals surface area contributed by atoms with Crippen molar-refractivity contribution in [2.75, 3.05) is 13.1 Å². The Bertz CT molecular complexity index is 662. The lowest BCUT2D eigenvalue weighted by atomic mass is 9.91. The number of carbonyl (C=O) groups is 1. The molecule has 0 saturated carbocycles. The molecule has 3 heterocycles. The number of carbonyl (C=O) groups excluding carboxylic acids is 1. The topological polar surface area (TPSA) is 75.0 Å². The molecular weight excluding hydrogens is 266 g/mol. The van der Waals surface area contributed by atoms with Crippen LogP contribution in [0.15, 0.2) is 12.4 Å². The van der Waals surface area contributed by atoms with Crippen LogP contribution >= 0.6 is 0 Å². The van der Waals surface area contributed by atoms with Gasteiger partial charge in [-0.15, -0.1) is 0 Å². The first kappa shape index (κ1) is 12.8. The predicted molar refractivity (Wildman–Crippen MR) is 69.1 cm³/mol. The first-order valence-electron chi connectivity index (χ1n) is 6.43. The highest BCUT2D eigenvalue weighted by atomic mass is 19.1. The average molecular weight is 280 g/mol. The molecule has 2 aromatic rings. The van der Waals surface area contributed by atoms with Crippen LogP contribution in [0.3, 0.4) is 0 Å². The third-order valence-electron chi connectivity index (χ3n) is 3.84. The SMILES string of the molecule is NC(=O)N1CCC(c2ncc(F)c3[nH]cc(F)c23)CC1. The third kappa shape index (κ3) is 1.99. The fourth-order valence-corrected chi connectivity index (χ4v) is 2.78. The third-order valence-corrected chi connectivity index (χ3v) is 3.84. The minimum Gasteiger partial charge on any atom is -0.356 e. The van der Waals surface area contributed by atoms with Gasteiger partial charge in [-0.1, -0.05) is 0 Å². The van der Waals surface area contributed by atoms with E-state index in [0.29, 0.717) is 31.6 Å². The van der Waals surface area contributed by atoms with Crippen molar-refractivity contribution in [3.8, 4) is 0 Å². The number of likely N-dealkylation sites (tertiary alicyclic amines) is 1. The van der Waals surface area contributed by atoms with Crippen LogP contribution in [-0.4, -0.2) is 34.0 Å². The van der Waals surface area contributed by atoms with Gasteiger partial charge in [-0.05, 0) is 12.8 Å². The van der Waals surface area contributed by atoms with Crippen LogP contribution in [0.25, 0.3) is 10.9 Å². The second-order valence-electron chi connectivity index (χ2n) is 4.98. The smallest absolute Gasteiger partial charge is 0.314 e. The molecule has 0 spiro atoms. The van der Waals surface area contributed by atoms with Crippen molar-refractivity contribution in [3.05, 3.63) is 29.7 Å². The number of hydrogen-bond acceptors (Lipinski definition) is 2. The van der Waals surface area contributed by atoms with Gasteiger partial charge in [0.25, 0.3) is 0 Å². The fourth-order valence-electron chi connectivity index (χ4n) is 2.78. The molecule has 0 aliphatic carbocycles. The van der Waals surface area contributed by atoms with Crippen molar-refractivity contribution in [2.24, 2.45) is 5.73 Å². The van der Waals surface area contributed by atoms with E-state index in [9.17, 15) is 13.6 Å². The first-order valence-corrected chi connectivity index (χ1v) is 6.43. The molecule has 106 valence electrons. The number of hydrogen-bond donors (Lipinski definition) is 2. The Labute approximate surface area is 113 Å². The zero-order valence-electron chi connectivity index (χ0n) is 10.7. The van der Waals surface area contributed by atoms with Gasteiger partial charge >= 0.3 is 6.03 Å². The van der Waals surface area contributed by atoms with E-state index >= 15 is 0 Å². The summed E-state index contributed by atoms with van der Waals surface area (Å²) in [4.78, 5) is 19.3. The summed E-state index contributed by atoms with van der Waals surface area (Å²) in [6, 6.07) is -0.450. The maximum atomic E-state index is 13.8. The number of rotatable bonds is 1. The number of piperidine rings is 1. The molecule has 1 aliphatic heterocycles. The number of amides is 2. The molecule has 1 fully saturated rings. The molecule has 1 aliphatic rings. The molecule has 3 rings (SSSR count). The number of urea groups is 1. The van der Waals surface area contributed by atoms with Gasteiger partial charge in [0.05, 0.1) is 22.8 Å². The Hall–Kier alpha value is -2.18. The van der Waals surface area contributed by atoms with Crippen LogP contribution in [0.4, 0.5) is 13.6 Å². The maximum Gasteiger partial charge on any atom is 0.314 e. The van der Waals surface area contributed by atoms with E-state index in [2.05, 4.69) is 9.97 Å². The number of fused-ring (bicyclic) bond motifs is 1. The highest BCUT2D eigenvalue weighted by Gasteiger charge is 2.26. The summed E-state index contributed by atoms with van der Waals surface area (Å²) in [7, 11) is 0. The minimum atomic E-state index is -0.567. The van der Waals surface area contributed by atoms with Gasteiger partial charge in [-0.3, -0.25) is 4.98 Å². The molecule has 20 heavy (non-hydrogen) atoms. The van der Waals surface area contributed by atoms with Gasteiger partial charge in [-0.25, -0.2) is 13.6 Å². The number of nitrogens with one attached hydrogen (secondary N) is 1. The summed E-state index contributed by atoms with van der Waals surface area (Å²) < 4.78 is 27.4. The number of halogens is 2. The summed E-state index contributed by atoms with van der Waals surface area (Å²) in [6.07, 6.45) is 3.52. The molecular formula is C13H14F2N4O. The number of pyridine rings is 1. The second kappa shape index (κ2) is 4.73. The highest BCUT2D eigenvalue weighted by molar-refractivity contribution is 5.83. The van der Waals surface area contributed by atoms with Crippen molar-refractivity contribution in [1.82, 2.24) is 14.9 Å². The lowest BCUT2D eigenvalue weighted by Crippen LogP contribution is -2.41. The Morgan fingerprint density at radius 3 is 2.70 bits per heavy atom. The van der Waals surface area contributed by atoms with Crippen LogP contribution in [0.1, 0.15) is 24.5 Å². The molecule has 0 atom stereocenters. The van der Waals surface area contributed by atoms with Crippen molar-refractivity contribution in [3.63, 3.8) is 0 Å². The molecule has 2 amide bonds. The van der Waals surface area contributed by atoms with E-state index in [-0.39, 0.29) is 16.8 Å². The minimum absolute atomic E-state index is 0.000926. The zero-order chi connectivity index (χ0) is 14.3. The Balaban J connectivity index is 1.94. The average Bonchev–Trinajstić information content (AvgIpc) is 2.83. The van der Waals surface area contributed by atoms with Gasteiger partial charge in [-0.2, -0.15) is 0 Å². The van der Waals surface area contributed by atoms with Crippen molar-refractivity contribution < 1.29 is 13.6 Å². The second-order valence-corrected chi connectivity index (χ2v) is 4.98. The van der Waals surface area contributed by atoms with Crippen LogP contribution in [0, 0.1) is 11.6 Å². The normalized spacial score (nSPS) is 16.8. The predicted octanol–water partition coefficient (Wildman–Crippen LogP) is 2.10. The van der Waals surface area contributed by atoms with Crippen LogP contribution in [0.5, 0.6) is 0 Å². The van der Waals surface area contributed by atoms with E-state index in [1.165, 1.54) is 0 Å². The fraction of sp³-hybridized carbons (Fsp3) is 0.385. The molecule has 0 bridgehead atoms. The highest BCUT2D eigenvalue weighted by Crippen LogP contribution is 2.33. The monoisotopic (exact) mass is 280 g/mol. The van der Waals surface area contributed by atoms with Crippen molar-refractivity contribution in [1.29, 1.82) is 0 Å². The summed E-state index contributed by atoms with van der Waals surface area (Å²) in [6.45, 7) is 1.01. The molecule has 7 heteroatoms. The first-order chi connectivity index (χ1) is 9.58. The molecule has 3 N–H and O–H groups in total. The molecule has 2 aromatic heterocycles. The number of aromatic amines is 1. The van der Waals surface area contributed by atoms with E-state index in [0.717, 1.165) is 12.4 Å². The largest absolute Gasteiger partial charge is 0.356 e. The molecule has 0 aromatic carbocycles. The van der Waals surface area contributed by atoms with E-state index < -0.39 is 17.7 Å². The number of nitrogens with two attached hydrogens (primary N) is 1. The Morgan fingerprint density at radius 2 is 2.05 bits per heavy atom. The van der Waals surface area contributed by atoms with Crippen LogP contribution < -0.4 is 5.73 Å². The van der Waals surface area contributed by atoms with Gasteiger partial charge < -0.3 is 15.6 Å². The standard InChI is InChI=1S/C13H14F2N4O/c14-8-5-18-12-9(15)6-17-11(10(8)12)7-1-3-19(4-2-7)13(16)20/h5-7,18H,1-4H2,(H2,16,20). The molecule has 1 saturated heterocycles. The van der Waals surface area contributed by atoms with Gasteiger partial charge in [0.2, 0.25) is 0 Å². The Morgan fingerprint density at radius 1 is 1.35 bits per heavy atom. The summed E-state index contributed by atoms with van der Waals surface area (Å²) >= 11 is 0. The zero-order valence-corrected chi connectivity index (χ0v) is 10.7. The summed E-state index contributed by atoms with van der Waals surface area (Å²) in [5.74, 6) is -1.07. The van der Waals surface area contributed by atoms with E-state index in [1.54, 1.807) is 4.90 Å². The van der Waals surface area contributed by atoms with Crippen LogP contribution in [-0.2, 0) is 0 Å². The molecule has 5 nitrogen and oxygen atoms in total. The number of aromatic nitrogens is 2. The van der Waals surface area contributed by atoms with Gasteiger partial charge in [0.1, 0.15) is 5.82 Å².